The molecule has 4 aromatic carbocycles. The van der Waals surface area contributed by atoms with Gasteiger partial charge in [0, 0.05) is 28.0 Å². The van der Waals surface area contributed by atoms with Crippen LogP contribution in [-0.2, 0) is 21.5 Å². The van der Waals surface area contributed by atoms with Crippen LogP contribution in [0.25, 0.3) is 11.3 Å². The van der Waals surface area contributed by atoms with E-state index in [1.807, 2.05) is 54.6 Å². The molecule has 0 amide bonds. The van der Waals surface area contributed by atoms with E-state index in [1.54, 1.807) is 54.6 Å². The van der Waals surface area contributed by atoms with Crippen LogP contribution in [0, 0.1) is 5.92 Å². The van der Waals surface area contributed by atoms with Crippen molar-refractivity contribution in [3.8, 4) is 11.4 Å². The van der Waals surface area contributed by atoms with Crippen LogP contribution in [0.15, 0.2) is 137 Å². The zero-order valence-electron chi connectivity index (χ0n) is 25.0. The molecule has 232 valence electrons. The molecule has 3 aliphatic rings. The summed E-state index contributed by atoms with van der Waals surface area (Å²) in [5.74, 6) is -2.48. The van der Waals surface area contributed by atoms with Gasteiger partial charge in [-0.1, -0.05) is 96.5 Å². The van der Waals surface area contributed by atoms with Crippen molar-refractivity contribution in [2.45, 2.75) is 30.3 Å². The molecule has 1 fully saturated rings. The van der Waals surface area contributed by atoms with Gasteiger partial charge in [-0.25, -0.2) is 23.5 Å². The molecule has 5 aromatic rings. The Morgan fingerprint density at radius 1 is 0.787 bits per heavy atom. The number of aromatic hydroxyl groups is 1. The number of aromatic nitrogens is 3. The predicted octanol–water partition coefficient (Wildman–Crippen LogP) is 5.62. The van der Waals surface area contributed by atoms with Gasteiger partial charge in [0.25, 0.3) is 0 Å². The average molecular weight is 642 g/mol. The van der Waals surface area contributed by atoms with Crippen LogP contribution in [-0.4, -0.2) is 30.6 Å². The maximum absolute atomic E-state index is 15.0. The van der Waals surface area contributed by atoms with Gasteiger partial charge in [-0.05, 0) is 59.5 Å². The summed E-state index contributed by atoms with van der Waals surface area (Å²) in [7, 11) is 0. The van der Waals surface area contributed by atoms with Crippen LogP contribution in [0.2, 0.25) is 5.02 Å². The quantitative estimate of drug-likeness (QED) is 0.257. The lowest BCUT2D eigenvalue weighted by Gasteiger charge is -2.54. The third-order valence-corrected chi connectivity index (χ3v) is 10.2. The van der Waals surface area contributed by atoms with Gasteiger partial charge < -0.3 is 5.11 Å². The van der Waals surface area contributed by atoms with E-state index >= 15 is 0 Å². The summed E-state index contributed by atoms with van der Waals surface area (Å²) in [5.41, 5.74) is 0.442. The standard InChI is InChI=1S/C38H28ClN3O5/c39-25-16-17-32(43)29(20-25)34-27-18-19-40-36(46)41(26-14-8-3-9-15-26)37(47)42(40)31(27)22-30-35(45)28(23-10-4-1-5-11-23)21-33(44)38(30,34)24-12-6-2-7-13-24/h1-18,20-21,30-31,34,43H,19,22H2/t30-,31+,34+,38-/m0/s1. The first kappa shape index (κ1) is 29.0. The van der Waals surface area contributed by atoms with E-state index < -0.39 is 34.7 Å². The molecule has 8 rings (SSSR count). The van der Waals surface area contributed by atoms with Gasteiger partial charge in [-0.2, -0.15) is 0 Å². The van der Waals surface area contributed by atoms with E-state index in [4.69, 9.17) is 11.6 Å². The minimum atomic E-state index is -1.48. The summed E-state index contributed by atoms with van der Waals surface area (Å²) in [6, 6.07) is 30.8. The first-order valence-electron chi connectivity index (χ1n) is 15.4. The number of para-hydroxylation sites is 1. The molecule has 1 N–H and O–H groups in total. The number of allylic oxidation sites excluding steroid dienone is 4. The minimum absolute atomic E-state index is 0.0559. The van der Waals surface area contributed by atoms with Gasteiger partial charge >= 0.3 is 11.4 Å². The number of carbonyl (C=O) groups excluding carboxylic acids is 2. The number of benzene rings is 4. The predicted molar refractivity (Wildman–Crippen MR) is 178 cm³/mol. The molecule has 0 unspecified atom stereocenters. The molecule has 0 bridgehead atoms. The molecule has 1 saturated carbocycles. The largest absolute Gasteiger partial charge is 0.508 e. The zero-order valence-corrected chi connectivity index (χ0v) is 25.7. The summed E-state index contributed by atoms with van der Waals surface area (Å²) in [4.78, 5) is 57.9. The molecule has 47 heavy (non-hydrogen) atoms. The zero-order chi connectivity index (χ0) is 32.4. The van der Waals surface area contributed by atoms with Crippen molar-refractivity contribution >= 4 is 28.7 Å². The van der Waals surface area contributed by atoms with Crippen LogP contribution >= 0.6 is 11.6 Å². The Morgan fingerprint density at radius 3 is 2.15 bits per heavy atom. The Bertz CT molecular complexity index is 2270. The monoisotopic (exact) mass is 641 g/mol. The molecule has 2 aliphatic carbocycles. The molecule has 1 aliphatic heterocycles. The lowest BCUT2D eigenvalue weighted by atomic mass is 9.47. The highest BCUT2D eigenvalue weighted by Crippen LogP contribution is 2.62. The normalized spacial score (nSPS) is 23.3. The molecule has 9 heteroatoms. The number of fused-ring (bicyclic) bond motifs is 4. The van der Waals surface area contributed by atoms with Crippen molar-refractivity contribution in [1.29, 1.82) is 0 Å². The number of Topliss-reactive ketones (excluding diaryl/α,β-unsaturated/α-hetero) is 1. The molecule has 2 heterocycles. The average Bonchev–Trinajstić information content (AvgIpc) is 3.36. The van der Waals surface area contributed by atoms with E-state index in [-0.39, 0.29) is 35.9 Å². The van der Waals surface area contributed by atoms with Gasteiger partial charge in [0.2, 0.25) is 0 Å². The summed E-state index contributed by atoms with van der Waals surface area (Å²) in [5, 5.41) is 11.8. The van der Waals surface area contributed by atoms with Crippen LogP contribution in [0.3, 0.4) is 0 Å². The molecule has 0 radical (unpaired) electrons. The number of ketones is 2. The number of rotatable bonds is 4. The van der Waals surface area contributed by atoms with Crippen LogP contribution in [0.1, 0.15) is 35.1 Å². The Labute approximate surface area is 274 Å². The third-order valence-electron chi connectivity index (χ3n) is 9.95. The molecule has 1 aromatic heterocycles. The summed E-state index contributed by atoms with van der Waals surface area (Å²) >= 11 is 6.55. The number of phenolic OH excluding ortho intramolecular Hbond substituents is 1. The van der Waals surface area contributed by atoms with E-state index in [2.05, 4.69) is 0 Å². The smallest absolute Gasteiger partial charge is 0.352 e. The van der Waals surface area contributed by atoms with Crippen LogP contribution in [0.4, 0.5) is 0 Å². The van der Waals surface area contributed by atoms with E-state index in [0.29, 0.717) is 33.0 Å². The van der Waals surface area contributed by atoms with E-state index in [9.17, 15) is 24.3 Å². The molecular weight excluding hydrogens is 614 g/mol. The van der Waals surface area contributed by atoms with Crippen molar-refractivity contribution in [3.63, 3.8) is 0 Å². The second kappa shape index (κ2) is 10.8. The van der Waals surface area contributed by atoms with Crippen molar-refractivity contribution < 1.29 is 14.7 Å². The highest BCUT2D eigenvalue weighted by atomic mass is 35.5. The fourth-order valence-corrected chi connectivity index (χ4v) is 8.22. The Hall–Kier alpha value is -5.47. The topological polar surface area (TPSA) is 103 Å². The summed E-state index contributed by atoms with van der Waals surface area (Å²) < 4.78 is 3.94. The first-order valence-corrected chi connectivity index (χ1v) is 15.8. The van der Waals surface area contributed by atoms with Gasteiger partial charge in [0.1, 0.15) is 5.75 Å². The Kier molecular flexibility index (Phi) is 6.66. The van der Waals surface area contributed by atoms with Crippen molar-refractivity contribution in [2.24, 2.45) is 5.92 Å². The molecule has 4 atom stereocenters. The minimum Gasteiger partial charge on any atom is -0.508 e. The molecule has 0 saturated heterocycles. The second-order valence-electron chi connectivity index (χ2n) is 12.2. The van der Waals surface area contributed by atoms with Crippen molar-refractivity contribution in [3.05, 3.63) is 170 Å². The van der Waals surface area contributed by atoms with Crippen LogP contribution in [0.5, 0.6) is 5.75 Å². The van der Waals surface area contributed by atoms with Gasteiger partial charge in [-0.15, -0.1) is 0 Å². The van der Waals surface area contributed by atoms with Gasteiger partial charge in [-0.3, -0.25) is 9.59 Å². The lowest BCUT2D eigenvalue weighted by molar-refractivity contribution is -0.133. The number of nitrogens with zero attached hydrogens (tertiary/aromatic N) is 3. The maximum Gasteiger partial charge on any atom is 0.352 e. The third kappa shape index (κ3) is 4.14. The lowest BCUT2D eigenvalue weighted by Crippen LogP contribution is -2.58. The number of carbonyl (C=O) groups is 2. The maximum atomic E-state index is 15.0. The van der Waals surface area contributed by atoms with Crippen LogP contribution < -0.4 is 11.4 Å². The number of hydrogen-bond acceptors (Lipinski definition) is 5. The van der Waals surface area contributed by atoms with E-state index in [0.717, 1.165) is 4.57 Å². The second-order valence-corrected chi connectivity index (χ2v) is 12.6. The van der Waals surface area contributed by atoms with Crippen molar-refractivity contribution in [2.75, 3.05) is 0 Å². The van der Waals surface area contributed by atoms with E-state index in [1.165, 1.54) is 21.5 Å². The summed E-state index contributed by atoms with van der Waals surface area (Å²) in [6.07, 6.45) is 3.37. The van der Waals surface area contributed by atoms with Crippen molar-refractivity contribution in [1.82, 2.24) is 13.9 Å². The SMILES string of the molecule is O=C1C(c2ccccc2)=CC(=O)[C@@]2(c3ccccc3)[C@@H](c3cc(Cl)ccc3O)C3=CCn4c(=O)n(-c5ccccc5)c(=O)n4[C@@H]3C[C@@H]12. The number of halogens is 1. The Balaban J connectivity index is 1.44. The molecule has 0 spiro atoms. The number of hydrogen-bond donors (Lipinski definition) is 1. The van der Waals surface area contributed by atoms with Gasteiger partial charge in [0.15, 0.2) is 11.6 Å². The molecule has 8 nitrogen and oxygen atoms in total. The molecular formula is C38H28ClN3O5. The highest BCUT2D eigenvalue weighted by molar-refractivity contribution is 6.32. The highest BCUT2D eigenvalue weighted by Gasteiger charge is 2.63. The fraction of sp³-hybridized carbons (Fsp3) is 0.158. The van der Waals surface area contributed by atoms with Gasteiger partial charge in [0.05, 0.1) is 23.7 Å². The Morgan fingerprint density at radius 2 is 1.45 bits per heavy atom. The number of phenols is 1. The summed E-state index contributed by atoms with van der Waals surface area (Å²) in [6.45, 7) is 0.0559. The first-order chi connectivity index (χ1) is 22.8. The fourth-order valence-electron chi connectivity index (χ4n) is 8.04.